The SMILES string of the molecule is CCOc1ccccc1C(CC(=O)NCC(C)NC)NC(C)=O. The molecule has 2 unspecified atom stereocenters. The maximum Gasteiger partial charge on any atom is 0.222 e. The van der Waals surface area contributed by atoms with E-state index in [0.29, 0.717) is 18.9 Å². The van der Waals surface area contributed by atoms with E-state index in [4.69, 9.17) is 4.74 Å². The van der Waals surface area contributed by atoms with Gasteiger partial charge in [-0.2, -0.15) is 0 Å². The number of para-hydroxylation sites is 1. The number of benzene rings is 1. The molecule has 23 heavy (non-hydrogen) atoms. The van der Waals surface area contributed by atoms with E-state index in [1.807, 2.05) is 45.2 Å². The van der Waals surface area contributed by atoms with Gasteiger partial charge in [-0.15, -0.1) is 0 Å². The van der Waals surface area contributed by atoms with Crippen LogP contribution >= 0.6 is 0 Å². The molecule has 0 aliphatic carbocycles. The Kier molecular flexibility index (Phi) is 8.11. The van der Waals surface area contributed by atoms with Gasteiger partial charge in [-0.3, -0.25) is 9.59 Å². The van der Waals surface area contributed by atoms with Crippen LogP contribution in [-0.2, 0) is 9.59 Å². The summed E-state index contributed by atoms with van der Waals surface area (Å²) in [7, 11) is 1.84. The average molecular weight is 321 g/mol. The highest BCUT2D eigenvalue weighted by Gasteiger charge is 2.20. The molecule has 0 fully saturated rings. The molecule has 3 N–H and O–H groups in total. The molecule has 1 aromatic carbocycles. The number of rotatable bonds is 9. The Hall–Kier alpha value is -2.08. The first kappa shape index (κ1) is 19.0. The van der Waals surface area contributed by atoms with Crippen LogP contribution < -0.4 is 20.7 Å². The van der Waals surface area contributed by atoms with Gasteiger partial charge in [0.15, 0.2) is 0 Å². The molecule has 2 atom stereocenters. The van der Waals surface area contributed by atoms with Crippen LogP contribution in [0.3, 0.4) is 0 Å². The molecule has 1 rings (SSSR count). The number of carbonyl (C=O) groups is 2. The summed E-state index contributed by atoms with van der Waals surface area (Å²) in [6, 6.07) is 7.22. The topological polar surface area (TPSA) is 79.5 Å². The fraction of sp³-hybridized carbons (Fsp3) is 0.529. The third kappa shape index (κ3) is 6.69. The van der Waals surface area contributed by atoms with Crippen LogP contribution in [0, 0.1) is 0 Å². The average Bonchev–Trinajstić information content (AvgIpc) is 2.52. The van der Waals surface area contributed by atoms with E-state index in [2.05, 4.69) is 16.0 Å². The van der Waals surface area contributed by atoms with Crippen LogP contribution in [0.25, 0.3) is 0 Å². The summed E-state index contributed by atoms with van der Waals surface area (Å²) in [6.45, 7) is 6.38. The van der Waals surface area contributed by atoms with Gasteiger partial charge in [0.1, 0.15) is 5.75 Å². The number of hydrogen-bond acceptors (Lipinski definition) is 4. The number of ether oxygens (including phenoxy) is 1. The van der Waals surface area contributed by atoms with Crippen LogP contribution in [0.5, 0.6) is 5.75 Å². The number of nitrogens with one attached hydrogen (secondary N) is 3. The van der Waals surface area contributed by atoms with Crippen molar-refractivity contribution in [1.29, 1.82) is 0 Å². The minimum atomic E-state index is -0.417. The zero-order valence-corrected chi connectivity index (χ0v) is 14.3. The molecule has 6 heteroatoms. The molecule has 0 saturated carbocycles. The summed E-state index contributed by atoms with van der Waals surface area (Å²) >= 11 is 0. The highest BCUT2D eigenvalue weighted by Crippen LogP contribution is 2.27. The molecular formula is C17H27N3O3. The molecule has 0 heterocycles. The predicted molar refractivity (Wildman–Crippen MR) is 90.3 cm³/mol. The van der Waals surface area contributed by atoms with Crippen molar-refractivity contribution in [3.63, 3.8) is 0 Å². The van der Waals surface area contributed by atoms with Crippen LogP contribution in [0.15, 0.2) is 24.3 Å². The van der Waals surface area contributed by atoms with Crippen molar-refractivity contribution in [2.24, 2.45) is 0 Å². The second-order valence-electron chi connectivity index (χ2n) is 5.42. The van der Waals surface area contributed by atoms with E-state index in [1.165, 1.54) is 6.92 Å². The first-order valence-electron chi connectivity index (χ1n) is 7.90. The van der Waals surface area contributed by atoms with E-state index in [9.17, 15) is 9.59 Å². The quantitative estimate of drug-likeness (QED) is 0.642. The Morgan fingerprint density at radius 2 is 1.96 bits per heavy atom. The zero-order chi connectivity index (χ0) is 17.2. The van der Waals surface area contributed by atoms with Crippen molar-refractivity contribution in [2.45, 2.75) is 39.3 Å². The number of likely N-dealkylation sites (N-methyl/N-ethyl adjacent to an activating group) is 1. The van der Waals surface area contributed by atoms with Crippen molar-refractivity contribution < 1.29 is 14.3 Å². The van der Waals surface area contributed by atoms with Crippen LogP contribution in [-0.4, -0.2) is 38.1 Å². The molecule has 0 saturated heterocycles. The van der Waals surface area contributed by atoms with Gasteiger partial charge >= 0.3 is 0 Å². The first-order chi connectivity index (χ1) is 11.0. The Morgan fingerprint density at radius 3 is 2.57 bits per heavy atom. The van der Waals surface area contributed by atoms with Gasteiger partial charge < -0.3 is 20.7 Å². The largest absolute Gasteiger partial charge is 0.494 e. The highest BCUT2D eigenvalue weighted by atomic mass is 16.5. The lowest BCUT2D eigenvalue weighted by molar-refractivity contribution is -0.122. The maximum absolute atomic E-state index is 12.2. The predicted octanol–water partition coefficient (Wildman–Crippen LogP) is 1.38. The number of hydrogen-bond donors (Lipinski definition) is 3. The molecule has 0 radical (unpaired) electrons. The minimum Gasteiger partial charge on any atom is -0.494 e. The van der Waals surface area contributed by atoms with E-state index in [1.54, 1.807) is 0 Å². The van der Waals surface area contributed by atoms with Crippen LogP contribution in [0.4, 0.5) is 0 Å². The van der Waals surface area contributed by atoms with Crippen molar-refractivity contribution in [3.05, 3.63) is 29.8 Å². The van der Waals surface area contributed by atoms with Gasteiger partial charge in [0.05, 0.1) is 19.1 Å². The van der Waals surface area contributed by atoms with Gasteiger partial charge in [-0.25, -0.2) is 0 Å². The van der Waals surface area contributed by atoms with Gasteiger partial charge in [0.25, 0.3) is 0 Å². The number of carbonyl (C=O) groups excluding carboxylic acids is 2. The standard InChI is InChI=1S/C17H27N3O3/c1-5-23-16-9-7-6-8-14(16)15(20-13(3)21)10-17(22)19-11-12(2)18-4/h6-9,12,15,18H,5,10-11H2,1-4H3,(H,19,22)(H,20,21). The molecule has 1 aromatic rings. The summed E-state index contributed by atoms with van der Waals surface area (Å²) in [5.74, 6) is 0.389. The molecule has 2 amide bonds. The summed E-state index contributed by atoms with van der Waals surface area (Å²) < 4.78 is 5.60. The van der Waals surface area contributed by atoms with Crippen LogP contribution in [0.1, 0.15) is 38.8 Å². The third-order valence-electron chi connectivity index (χ3n) is 3.46. The lowest BCUT2D eigenvalue weighted by Gasteiger charge is -2.21. The van der Waals surface area contributed by atoms with E-state index >= 15 is 0 Å². The Balaban J connectivity index is 2.84. The maximum atomic E-state index is 12.2. The molecule has 0 bridgehead atoms. The zero-order valence-electron chi connectivity index (χ0n) is 14.3. The fourth-order valence-electron chi connectivity index (χ4n) is 2.17. The summed E-state index contributed by atoms with van der Waals surface area (Å²) in [6.07, 6.45) is 0.167. The van der Waals surface area contributed by atoms with E-state index < -0.39 is 6.04 Å². The molecular weight excluding hydrogens is 294 g/mol. The van der Waals surface area contributed by atoms with Gasteiger partial charge in [-0.05, 0) is 27.0 Å². The highest BCUT2D eigenvalue weighted by molar-refractivity contribution is 5.79. The lowest BCUT2D eigenvalue weighted by atomic mass is 10.0. The molecule has 0 spiro atoms. The normalized spacial score (nSPS) is 13.0. The van der Waals surface area contributed by atoms with Crippen molar-refractivity contribution in [1.82, 2.24) is 16.0 Å². The van der Waals surface area contributed by atoms with Gasteiger partial charge in [0, 0.05) is 25.1 Å². The number of amides is 2. The van der Waals surface area contributed by atoms with E-state index in [-0.39, 0.29) is 24.3 Å². The fourth-order valence-corrected chi connectivity index (χ4v) is 2.17. The molecule has 128 valence electrons. The third-order valence-corrected chi connectivity index (χ3v) is 3.46. The summed E-state index contributed by atoms with van der Waals surface area (Å²) in [5, 5.41) is 8.76. The molecule has 0 aliphatic rings. The van der Waals surface area contributed by atoms with Crippen molar-refractivity contribution in [3.8, 4) is 5.75 Å². The monoisotopic (exact) mass is 321 g/mol. The Labute approximate surface area is 138 Å². The van der Waals surface area contributed by atoms with Gasteiger partial charge in [0.2, 0.25) is 11.8 Å². The van der Waals surface area contributed by atoms with Gasteiger partial charge in [-0.1, -0.05) is 18.2 Å². The summed E-state index contributed by atoms with van der Waals surface area (Å²) in [5.41, 5.74) is 0.807. The van der Waals surface area contributed by atoms with Crippen LogP contribution in [0.2, 0.25) is 0 Å². The Bertz CT molecular complexity index is 520. The Morgan fingerprint density at radius 1 is 1.26 bits per heavy atom. The second-order valence-corrected chi connectivity index (χ2v) is 5.42. The molecule has 6 nitrogen and oxygen atoms in total. The lowest BCUT2D eigenvalue weighted by Crippen LogP contribution is -2.39. The van der Waals surface area contributed by atoms with E-state index in [0.717, 1.165) is 5.56 Å². The summed E-state index contributed by atoms with van der Waals surface area (Å²) in [4.78, 5) is 23.7. The molecule has 0 aromatic heterocycles. The minimum absolute atomic E-state index is 0.114. The second kappa shape index (κ2) is 9.84. The van der Waals surface area contributed by atoms with Crippen molar-refractivity contribution in [2.75, 3.05) is 20.2 Å². The van der Waals surface area contributed by atoms with Crippen molar-refractivity contribution >= 4 is 11.8 Å². The smallest absolute Gasteiger partial charge is 0.222 e. The first-order valence-corrected chi connectivity index (χ1v) is 7.90. The molecule has 0 aliphatic heterocycles.